The van der Waals surface area contributed by atoms with Crippen molar-refractivity contribution in [3.63, 3.8) is 0 Å². The number of aromatic nitrogens is 2. The Kier molecular flexibility index (Phi) is 8.99. The van der Waals surface area contributed by atoms with E-state index in [1.165, 1.54) is 11.1 Å². The Morgan fingerprint density at radius 3 is 2.89 bits per heavy atom. The van der Waals surface area contributed by atoms with Gasteiger partial charge in [-0.05, 0) is 68.3 Å². The van der Waals surface area contributed by atoms with E-state index in [-0.39, 0.29) is 24.2 Å². The summed E-state index contributed by atoms with van der Waals surface area (Å²) in [5.41, 5.74) is 2.95. The number of hydrogen-bond acceptors (Lipinski definition) is 8. The van der Waals surface area contributed by atoms with Gasteiger partial charge in [-0.3, -0.25) is 19.8 Å². The van der Waals surface area contributed by atoms with Gasteiger partial charge in [-0.15, -0.1) is 0 Å². The summed E-state index contributed by atoms with van der Waals surface area (Å²) in [4.78, 5) is 49.9. The number of fused-ring (bicyclic) bond motifs is 1. The van der Waals surface area contributed by atoms with Crippen LogP contribution in [0.1, 0.15) is 58.4 Å². The summed E-state index contributed by atoms with van der Waals surface area (Å²) < 4.78 is 5.10. The van der Waals surface area contributed by atoms with Crippen molar-refractivity contribution in [1.82, 2.24) is 20.2 Å². The number of urea groups is 1. The highest BCUT2D eigenvalue weighted by atomic mass is 16.5. The number of rotatable bonds is 9. The van der Waals surface area contributed by atoms with Crippen LogP contribution in [-0.4, -0.2) is 73.0 Å². The molecule has 0 aliphatic carbocycles. The molecule has 2 aliphatic rings. The first kappa shape index (κ1) is 27.2. The van der Waals surface area contributed by atoms with E-state index in [9.17, 15) is 19.6 Å². The molecule has 1 atom stereocenters. The molecule has 38 heavy (non-hydrogen) atoms. The van der Waals surface area contributed by atoms with Crippen LogP contribution in [-0.2, 0) is 28.9 Å². The Labute approximate surface area is 222 Å². The number of carbonyl (C=O) groups is 3. The molecule has 0 saturated carbocycles. The number of aryl methyl sites for hydroxylation is 2. The summed E-state index contributed by atoms with van der Waals surface area (Å²) in [5, 5.41) is 15.4. The Bertz CT molecular complexity index is 1240. The van der Waals surface area contributed by atoms with E-state index in [1.807, 2.05) is 6.07 Å². The molecule has 4 heterocycles. The fourth-order valence-corrected chi connectivity index (χ4v) is 4.94. The number of nitriles is 1. The van der Waals surface area contributed by atoms with Gasteiger partial charge in [-0.1, -0.05) is 0 Å². The molecule has 4 rings (SSSR count). The summed E-state index contributed by atoms with van der Waals surface area (Å²) in [6.07, 6.45) is 6.69. The van der Waals surface area contributed by atoms with Crippen molar-refractivity contribution in [2.24, 2.45) is 0 Å². The minimum absolute atomic E-state index is 0.00502. The van der Waals surface area contributed by atoms with Gasteiger partial charge < -0.3 is 15.0 Å². The number of aldehydes is 1. The lowest BCUT2D eigenvalue weighted by atomic mass is 10.0. The first-order valence-electron chi connectivity index (χ1n) is 12.9. The van der Waals surface area contributed by atoms with Crippen LogP contribution in [0.5, 0.6) is 0 Å². The number of nitrogens with zero attached hydrogens (tertiary/aromatic N) is 5. The lowest BCUT2D eigenvalue weighted by molar-refractivity contribution is -0.132. The lowest BCUT2D eigenvalue weighted by Gasteiger charge is -2.30. The second-order valence-corrected chi connectivity index (χ2v) is 9.60. The number of methoxy groups -OCH3 is 1. The van der Waals surface area contributed by atoms with Gasteiger partial charge in [0.15, 0.2) is 6.29 Å². The van der Waals surface area contributed by atoms with E-state index < -0.39 is 6.03 Å². The molecule has 0 radical (unpaired) electrons. The van der Waals surface area contributed by atoms with Crippen molar-refractivity contribution in [3.05, 3.63) is 46.3 Å². The smallest absolute Gasteiger partial charge is 0.328 e. The fourth-order valence-electron chi connectivity index (χ4n) is 4.94. The molecular weight excluding hydrogens is 486 g/mol. The van der Waals surface area contributed by atoms with Gasteiger partial charge in [-0.25, -0.2) is 14.8 Å². The third-order valence-corrected chi connectivity index (χ3v) is 6.91. The zero-order valence-corrected chi connectivity index (χ0v) is 21.8. The Morgan fingerprint density at radius 1 is 1.34 bits per heavy atom. The average Bonchev–Trinajstić information content (AvgIpc) is 3.47. The number of anilines is 2. The fraction of sp³-hybridized carbons (Fsp3) is 0.481. The van der Waals surface area contributed by atoms with Crippen LogP contribution in [0.25, 0.3) is 0 Å². The van der Waals surface area contributed by atoms with Crippen LogP contribution < -0.4 is 15.5 Å². The molecule has 2 aliphatic heterocycles. The summed E-state index contributed by atoms with van der Waals surface area (Å²) >= 11 is 0. The molecule has 2 N–H and O–H groups in total. The Morgan fingerprint density at radius 2 is 2.18 bits per heavy atom. The van der Waals surface area contributed by atoms with E-state index in [2.05, 4.69) is 26.7 Å². The van der Waals surface area contributed by atoms with Crippen molar-refractivity contribution in [2.45, 2.75) is 51.1 Å². The van der Waals surface area contributed by atoms with E-state index >= 15 is 0 Å². The highest BCUT2D eigenvalue weighted by molar-refractivity contribution is 6.01. The number of hydrogen-bond donors (Lipinski definition) is 2. The minimum Gasteiger partial charge on any atom is -0.385 e. The zero-order valence-electron chi connectivity index (χ0n) is 21.8. The second kappa shape index (κ2) is 12.6. The highest BCUT2D eigenvalue weighted by Gasteiger charge is 2.28. The molecule has 0 aromatic carbocycles. The van der Waals surface area contributed by atoms with Crippen molar-refractivity contribution >= 4 is 29.9 Å². The van der Waals surface area contributed by atoms with Crippen molar-refractivity contribution < 1.29 is 19.1 Å². The summed E-state index contributed by atoms with van der Waals surface area (Å²) in [5.74, 6) is 0.760. The SMILES string of the molecule is COCCCc1cc(NC(=O)N2CCCc3cc(CN(C)C(=O)C4CCCN4)c(C=O)nc32)ncc1C#N. The maximum Gasteiger partial charge on any atom is 0.328 e. The number of pyridine rings is 2. The second-order valence-electron chi connectivity index (χ2n) is 9.60. The van der Waals surface area contributed by atoms with Crippen LogP contribution >= 0.6 is 0 Å². The molecule has 0 bridgehead atoms. The number of carbonyl (C=O) groups excluding carboxylic acids is 3. The predicted octanol–water partition coefficient (Wildman–Crippen LogP) is 2.43. The first-order chi connectivity index (χ1) is 18.4. The van der Waals surface area contributed by atoms with Gasteiger partial charge >= 0.3 is 6.03 Å². The molecule has 200 valence electrons. The van der Waals surface area contributed by atoms with Gasteiger partial charge in [0.1, 0.15) is 23.4 Å². The highest BCUT2D eigenvalue weighted by Crippen LogP contribution is 2.28. The van der Waals surface area contributed by atoms with Gasteiger partial charge in [-0.2, -0.15) is 5.26 Å². The third-order valence-electron chi connectivity index (χ3n) is 6.91. The van der Waals surface area contributed by atoms with Crippen LogP contribution in [0.3, 0.4) is 0 Å². The normalized spacial score (nSPS) is 16.4. The topological polar surface area (TPSA) is 141 Å². The van der Waals surface area contributed by atoms with Gasteiger partial charge in [0.2, 0.25) is 5.91 Å². The minimum atomic E-state index is -0.414. The molecule has 1 unspecified atom stereocenters. The third kappa shape index (κ3) is 6.15. The zero-order chi connectivity index (χ0) is 27.1. The molecule has 0 spiro atoms. The van der Waals surface area contributed by atoms with E-state index in [1.54, 1.807) is 25.1 Å². The van der Waals surface area contributed by atoms with E-state index in [4.69, 9.17) is 4.74 Å². The van der Waals surface area contributed by atoms with Crippen molar-refractivity contribution in [3.8, 4) is 6.07 Å². The molecular formula is C27H33N7O4. The largest absolute Gasteiger partial charge is 0.385 e. The van der Waals surface area contributed by atoms with Crippen molar-refractivity contribution in [1.29, 1.82) is 5.26 Å². The maximum atomic E-state index is 13.3. The van der Waals surface area contributed by atoms with Crippen LogP contribution in [0.15, 0.2) is 18.3 Å². The number of nitrogens with one attached hydrogen (secondary N) is 2. The summed E-state index contributed by atoms with van der Waals surface area (Å²) in [6.45, 7) is 2.09. The Hall–Kier alpha value is -3.88. The number of likely N-dealkylation sites (N-methyl/N-ethyl adjacent to an activating group) is 1. The molecule has 11 heteroatoms. The van der Waals surface area contributed by atoms with Crippen LogP contribution in [0.4, 0.5) is 16.4 Å². The molecule has 1 fully saturated rings. The number of ether oxygens (including phenoxy) is 1. The standard InChI is InChI=1S/C27H33N7O4/c1-33(26(36)22-8-3-9-29-22)16-20-12-19-6-4-10-34(25(19)31-23(20)17-35)27(37)32-24-13-18(7-5-11-38-2)21(14-28)15-30-24/h12-13,15,17,22,29H,3-11,16H2,1-2H3,(H,30,32,37). The molecule has 11 nitrogen and oxygen atoms in total. The Balaban J connectivity index is 1.51. The van der Waals surface area contributed by atoms with Crippen molar-refractivity contribution in [2.75, 3.05) is 44.1 Å². The monoisotopic (exact) mass is 519 g/mol. The van der Waals surface area contributed by atoms with Crippen LogP contribution in [0, 0.1) is 11.3 Å². The van der Waals surface area contributed by atoms with Crippen LogP contribution in [0.2, 0.25) is 0 Å². The van der Waals surface area contributed by atoms with Gasteiger partial charge in [0.25, 0.3) is 0 Å². The lowest BCUT2D eigenvalue weighted by Crippen LogP contribution is -2.42. The first-order valence-corrected chi connectivity index (χ1v) is 12.9. The molecule has 1 saturated heterocycles. The summed E-state index contributed by atoms with van der Waals surface area (Å²) in [7, 11) is 3.35. The quantitative estimate of drug-likeness (QED) is 0.380. The average molecular weight is 520 g/mol. The predicted molar refractivity (Wildman–Crippen MR) is 141 cm³/mol. The summed E-state index contributed by atoms with van der Waals surface area (Å²) in [6, 6.07) is 5.11. The van der Waals surface area contributed by atoms with Gasteiger partial charge in [0.05, 0.1) is 11.6 Å². The molecule has 2 aromatic heterocycles. The molecule has 3 amide bonds. The molecule has 2 aromatic rings. The van der Waals surface area contributed by atoms with Gasteiger partial charge in [0, 0.05) is 45.6 Å². The van der Waals surface area contributed by atoms with E-state index in [0.29, 0.717) is 55.0 Å². The maximum absolute atomic E-state index is 13.3. The van der Waals surface area contributed by atoms with E-state index in [0.717, 1.165) is 43.4 Å². The number of amides is 3.